The van der Waals surface area contributed by atoms with Gasteiger partial charge in [-0.25, -0.2) is 0 Å². The molecule has 5 nitrogen and oxygen atoms in total. The van der Waals surface area contributed by atoms with Gasteiger partial charge in [-0.15, -0.1) is 0 Å². The zero-order valence-electron chi connectivity index (χ0n) is 13.9. The van der Waals surface area contributed by atoms with E-state index in [0.29, 0.717) is 25.9 Å². The number of pyridine rings is 1. The Morgan fingerprint density at radius 3 is 2.58 bits per heavy atom. The van der Waals surface area contributed by atoms with Gasteiger partial charge in [0.2, 0.25) is 5.91 Å². The van der Waals surface area contributed by atoms with Crippen molar-refractivity contribution in [2.45, 2.75) is 31.9 Å². The van der Waals surface area contributed by atoms with Crippen LogP contribution in [0.25, 0.3) is 0 Å². The Labute approximate surface area is 142 Å². The second-order valence-corrected chi connectivity index (χ2v) is 6.21. The molecule has 0 saturated carbocycles. The third-order valence-corrected chi connectivity index (χ3v) is 4.49. The lowest BCUT2D eigenvalue weighted by molar-refractivity contribution is -0.122. The maximum atomic E-state index is 13.0. The molecule has 24 heavy (non-hydrogen) atoms. The number of carbonyl (C=O) groups excluding carboxylic acids is 1. The normalized spacial score (nSPS) is 17.4. The summed E-state index contributed by atoms with van der Waals surface area (Å²) in [6.45, 7) is 3.30. The molecule has 0 bridgehead atoms. The zero-order valence-corrected chi connectivity index (χ0v) is 13.9. The summed E-state index contributed by atoms with van der Waals surface area (Å²) in [7, 11) is 0. The Hall–Kier alpha value is -2.24. The highest BCUT2D eigenvalue weighted by Gasteiger charge is 2.30. The Balaban J connectivity index is 1.84. The summed E-state index contributed by atoms with van der Waals surface area (Å²) >= 11 is 0. The molecule has 0 aliphatic carbocycles. The number of likely N-dealkylation sites (tertiary alicyclic amines) is 1. The van der Waals surface area contributed by atoms with E-state index in [-0.39, 0.29) is 18.1 Å². The number of benzene rings is 1. The van der Waals surface area contributed by atoms with Crippen LogP contribution in [0.2, 0.25) is 0 Å². The van der Waals surface area contributed by atoms with E-state index in [1.54, 1.807) is 6.20 Å². The minimum atomic E-state index is -0.363. The van der Waals surface area contributed by atoms with Gasteiger partial charge in [0, 0.05) is 19.3 Å². The molecule has 1 saturated heterocycles. The molecule has 0 spiro atoms. The fourth-order valence-electron chi connectivity index (χ4n) is 3.12. The summed E-state index contributed by atoms with van der Waals surface area (Å²) < 4.78 is 0. The predicted molar refractivity (Wildman–Crippen MR) is 93.6 cm³/mol. The highest BCUT2D eigenvalue weighted by atomic mass is 16.3. The monoisotopic (exact) mass is 325 g/mol. The minimum absolute atomic E-state index is 0.0614. The maximum Gasteiger partial charge on any atom is 0.246 e. The fraction of sp³-hybridized carbons (Fsp3) is 0.368. The van der Waals surface area contributed by atoms with Crippen molar-refractivity contribution >= 4 is 11.6 Å². The van der Waals surface area contributed by atoms with E-state index in [0.717, 1.165) is 16.9 Å². The molecule has 1 aliphatic heterocycles. The van der Waals surface area contributed by atoms with E-state index >= 15 is 0 Å². The third-order valence-electron chi connectivity index (χ3n) is 4.49. The molecular formula is C19H23N3O2. The Bertz CT molecular complexity index is 682. The molecule has 1 aliphatic rings. The van der Waals surface area contributed by atoms with Crippen LogP contribution in [-0.2, 0) is 4.79 Å². The van der Waals surface area contributed by atoms with E-state index in [9.17, 15) is 9.90 Å². The molecule has 2 N–H and O–H groups in total. The van der Waals surface area contributed by atoms with Gasteiger partial charge in [-0.3, -0.25) is 14.7 Å². The van der Waals surface area contributed by atoms with Gasteiger partial charge in [0.1, 0.15) is 6.04 Å². The summed E-state index contributed by atoms with van der Waals surface area (Å²) in [5, 5.41) is 12.8. The van der Waals surface area contributed by atoms with Gasteiger partial charge in [0.05, 0.1) is 17.5 Å². The Kier molecular flexibility index (Phi) is 5.23. The summed E-state index contributed by atoms with van der Waals surface area (Å²) in [5.41, 5.74) is 2.50. The van der Waals surface area contributed by atoms with Crippen LogP contribution >= 0.6 is 0 Å². The number of hydrogen-bond acceptors (Lipinski definition) is 4. The molecule has 3 rings (SSSR count). The van der Waals surface area contributed by atoms with Crippen LogP contribution in [0.4, 0.5) is 5.69 Å². The lowest BCUT2D eigenvalue weighted by atomic mass is 9.99. The van der Waals surface area contributed by atoms with Crippen LogP contribution in [0.3, 0.4) is 0 Å². The molecule has 2 aromatic rings. The Morgan fingerprint density at radius 2 is 1.92 bits per heavy atom. The quantitative estimate of drug-likeness (QED) is 0.906. The van der Waals surface area contributed by atoms with Crippen LogP contribution in [0.5, 0.6) is 0 Å². The number of amides is 1. The first-order chi connectivity index (χ1) is 11.6. The second kappa shape index (κ2) is 7.55. The molecule has 1 unspecified atom stereocenters. The topological polar surface area (TPSA) is 65.5 Å². The average molecular weight is 325 g/mol. The highest BCUT2D eigenvalue weighted by Crippen LogP contribution is 2.26. The van der Waals surface area contributed by atoms with E-state index in [4.69, 9.17) is 0 Å². The molecule has 1 atom stereocenters. The number of aryl methyl sites for hydroxylation is 1. The maximum absolute atomic E-state index is 13.0. The lowest BCUT2D eigenvalue weighted by Gasteiger charge is -2.35. The molecule has 2 heterocycles. The number of rotatable bonds is 4. The van der Waals surface area contributed by atoms with Gasteiger partial charge in [-0.1, -0.05) is 30.3 Å². The molecule has 126 valence electrons. The van der Waals surface area contributed by atoms with E-state index < -0.39 is 0 Å². The van der Waals surface area contributed by atoms with Crippen molar-refractivity contribution in [3.63, 3.8) is 0 Å². The smallest absolute Gasteiger partial charge is 0.246 e. The minimum Gasteiger partial charge on any atom is -0.393 e. The van der Waals surface area contributed by atoms with E-state index in [2.05, 4.69) is 15.2 Å². The molecule has 1 aromatic heterocycles. The van der Waals surface area contributed by atoms with Crippen LogP contribution in [0, 0.1) is 6.92 Å². The van der Waals surface area contributed by atoms with Crippen molar-refractivity contribution in [3.8, 4) is 0 Å². The lowest BCUT2D eigenvalue weighted by Crippen LogP contribution is -2.43. The molecule has 0 radical (unpaired) electrons. The molecule has 1 aromatic carbocycles. The fourth-order valence-corrected chi connectivity index (χ4v) is 3.12. The van der Waals surface area contributed by atoms with Crippen molar-refractivity contribution in [1.29, 1.82) is 0 Å². The van der Waals surface area contributed by atoms with E-state index in [1.165, 1.54) is 0 Å². The molecule has 1 amide bonds. The number of anilines is 1. The van der Waals surface area contributed by atoms with Crippen molar-refractivity contribution < 1.29 is 9.90 Å². The number of aromatic nitrogens is 1. The van der Waals surface area contributed by atoms with Crippen molar-refractivity contribution in [1.82, 2.24) is 9.88 Å². The first-order valence-corrected chi connectivity index (χ1v) is 8.34. The number of nitrogens with zero attached hydrogens (tertiary/aromatic N) is 2. The summed E-state index contributed by atoms with van der Waals surface area (Å²) in [4.78, 5) is 19.4. The van der Waals surface area contributed by atoms with Crippen LogP contribution in [0.1, 0.15) is 30.1 Å². The van der Waals surface area contributed by atoms with Crippen LogP contribution < -0.4 is 5.32 Å². The number of aliphatic hydroxyl groups excluding tert-OH is 1. The van der Waals surface area contributed by atoms with Crippen molar-refractivity contribution in [2.24, 2.45) is 0 Å². The van der Waals surface area contributed by atoms with Gasteiger partial charge in [-0.05, 0) is 37.5 Å². The number of hydrogen-bond donors (Lipinski definition) is 2. The SMILES string of the molecule is Cc1ncccc1NC(=O)C(c1ccccc1)N1CCC(O)CC1. The van der Waals surface area contributed by atoms with E-state index in [1.807, 2.05) is 49.4 Å². The molecule has 5 heteroatoms. The average Bonchev–Trinajstić information content (AvgIpc) is 2.60. The number of carbonyl (C=O) groups is 1. The molecular weight excluding hydrogens is 302 g/mol. The summed E-state index contributed by atoms with van der Waals surface area (Å²) in [5.74, 6) is -0.0614. The van der Waals surface area contributed by atoms with Gasteiger partial charge in [-0.2, -0.15) is 0 Å². The summed E-state index contributed by atoms with van der Waals surface area (Å²) in [6.07, 6.45) is 2.85. The first kappa shape index (κ1) is 16.6. The van der Waals surface area contributed by atoms with Gasteiger partial charge >= 0.3 is 0 Å². The van der Waals surface area contributed by atoms with Crippen molar-refractivity contribution in [2.75, 3.05) is 18.4 Å². The number of piperidine rings is 1. The predicted octanol–water partition coefficient (Wildman–Crippen LogP) is 2.53. The molecule has 1 fully saturated rings. The van der Waals surface area contributed by atoms with Crippen LogP contribution in [0.15, 0.2) is 48.7 Å². The first-order valence-electron chi connectivity index (χ1n) is 8.34. The second-order valence-electron chi connectivity index (χ2n) is 6.21. The largest absolute Gasteiger partial charge is 0.393 e. The number of nitrogens with one attached hydrogen (secondary N) is 1. The highest BCUT2D eigenvalue weighted by molar-refractivity contribution is 5.96. The summed E-state index contributed by atoms with van der Waals surface area (Å²) in [6, 6.07) is 13.1. The van der Waals surface area contributed by atoms with Crippen molar-refractivity contribution in [3.05, 3.63) is 59.9 Å². The van der Waals surface area contributed by atoms with Gasteiger partial charge < -0.3 is 10.4 Å². The van der Waals surface area contributed by atoms with Gasteiger partial charge in [0.25, 0.3) is 0 Å². The van der Waals surface area contributed by atoms with Gasteiger partial charge in [0.15, 0.2) is 0 Å². The third kappa shape index (κ3) is 3.80. The number of aliphatic hydroxyl groups is 1. The van der Waals surface area contributed by atoms with Crippen LogP contribution in [-0.4, -0.2) is 40.1 Å². The zero-order chi connectivity index (χ0) is 16.9. The Morgan fingerprint density at radius 1 is 1.21 bits per heavy atom. The standard InChI is InChI=1S/C19H23N3O2/c1-14-17(8-5-11-20-14)21-19(24)18(15-6-3-2-4-7-15)22-12-9-16(23)10-13-22/h2-8,11,16,18,23H,9-10,12-13H2,1H3,(H,21,24).